The Balaban J connectivity index is 2.02. The zero-order valence-electron chi connectivity index (χ0n) is 11.7. The van der Waals surface area contributed by atoms with E-state index in [0.29, 0.717) is 16.6 Å². The summed E-state index contributed by atoms with van der Waals surface area (Å²) in [4.78, 5) is 0.361. The third-order valence-corrected chi connectivity index (χ3v) is 5.52. The Bertz CT molecular complexity index is 475. The first kappa shape index (κ1) is 15.6. The number of halogens is 2. The van der Waals surface area contributed by atoms with Crippen LogP contribution in [-0.4, -0.2) is 23.1 Å². The lowest BCUT2D eigenvalue weighted by molar-refractivity contribution is 0.294. The normalized spacial score (nSPS) is 19.8. The highest BCUT2D eigenvalue weighted by molar-refractivity contribution is 7.85. The summed E-state index contributed by atoms with van der Waals surface area (Å²) in [6, 6.07) is 3.66. The Kier molecular flexibility index (Phi) is 5.66. The van der Waals surface area contributed by atoms with Crippen molar-refractivity contribution in [2.75, 3.05) is 12.8 Å². The lowest BCUT2D eigenvalue weighted by Crippen LogP contribution is -2.39. The van der Waals surface area contributed by atoms with E-state index in [9.17, 15) is 13.0 Å². The molecule has 0 bridgehead atoms. The maximum atomic E-state index is 13.2. The second-order valence-corrected chi connectivity index (χ2v) is 6.88. The van der Waals surface area contributed by atoms with E-state index in [0.717, 1.165) is 25.0 Å². The summed E-state index contributed by atoms with van der Waals surface area (Å²) in [5, 5.41) is 3.24. The van der Waals surface area contributed by atoms with Gasteiger partial charge in [-0.05, 0) is 44.0 Å². The Labute approximate surface area is 121 Å². The molecule has 20 heavy (non-hydrogen) atoms. The molecule has 2 rings (SSSR count). The molecule has 1 aliphatic rings. The molecule has 0 radical (unpaired) electrons. The van der Waals surface area contributed by atoms with Crippen molar-refractivity contribution in [2.45, 2.75) is 43.0 Å². The molecule has 0 amide bonds. The zero-order valence-corrected chi connectivity index (χ0v) is 12.5. The largest absolute Gasteiger partial charge is 0.316 e. The molecule has 1 aliphatic carbocycles. The van der Waals surface area contributed by atoms with E-state index in [1.165, 1.54) is 25.3 Å². The SMILES string of the molecule is CNC(CS(=O)c1ccc(F)c(F)c1)C1CCCCC1. The molecule has 2 nitrogen and oxygen atoms in total. The highest BCUT2D eigenvalue weighted by Crippen LogP contribution is 2.27. The number of hydrogen-bond donors (Lipinski definition) is 1. The first-order valence-corrected chi connectivity index (χ1v) is 8.44. The van der Waals surface area contributed by atoms with Gasteiger partial charge < -0.3 is 5.32 Å². The van der Waals surface area contributed by atoms with E-state index in [1.54, 1.807) is 0 Å². The molecular formula is C15H21F2NOS. The molecular weight excluding hydrogens is 280 g/mol. The molecule has 1 aromatic carbocycles. The van der Waals surface area contributed by atoms with Crippen LogP contribution in [0.2, 0.25) is 0 Å². The fourth-order valence-corrected chi connectivity index (χ4v) is 4.28. The van der Waals surface area contributed by atoms with E-state index in [2.05, 4.69) is 5.32 Å². The van der Waals surface area contributed by atoms with E-state index in [1.807, 2.05) is 7.05 Å². The van der Waals surface area contributed by atoms with E-state index < -0.39 is 22.4 Å². The van der Waals surface area contributed by atoms with Gasteiger partial charge in [-0.25, -0.2) is 8.78 Å². The number of hydrogen-bond acceptors (Lipinski definition) is 2. The van der Waals surface area contributed by atoms with Crippen LogP contribution >= 0.6 is 0 Å². The topological polar surface area (TPSA) is 29.1 Å². The Morgan fingerprint density at radius 3 is 2.55 bits per heavy atom. The fraction of sp³-hybridized carbons (Fsp3) is 0.600. The quantitative estimate of drug-likeness (QED) is 0.904. The zero-order chi connectivity index (χ0) is 14.5. The van der Waals surface area contributed by atoms with Crippen LogP contribution in [0, 0.1) is 17.6 Å². The average molecular weight is 301 g/mol. The second kappa shape index (κ2) is 7.27. The Morgan fingerprint density at radius 1 is 1.25 bits per heavy atom. The Morgan fingerprint density at radius 2 is 1.95 bits per heavy atom. The van der Waals surface area contributed by atoms with Crippen molar-refractivity contribution in [3.63, 3.8) is 0 Å². The summed E-state index contributed by atoms with van der Waals surface area (Å²) in [5.74, 6) is -0.854. The summed E-state index contributed by atoms with van der Waals surface area (Å²) >= 11 is 0. The van der Waals surface area contributed by atoms with Crippen molar-refractivity contribution < 1.29 is 13.0 Å². The predicted molar refractivity (Wildman–Crippen MR) is 77.1 cm³/mol. The second-order valence-electron chi connectivity index (χ2n) is 5.38. The van der Waals surface area contributed by atoms with Gasteiger partial charge in [-0.1, -0.05) is 19.3 Å². The smallest absolute Gasteiger partial charge is 0.160 e. The first-order valence-electron chi connectivity index (χ1n) is 7.12. The van der Waals surface area contributed by atoms with Crippen molar-refractivity contribution >= 4 is 10.8 Å². The van der Waals surface area contributed by atoms with E-state index >= 15 is 0 Å². The molecule has 112 valence electrons. The number of benzene rings is 1. The van der Waals surface area contributed by atoms with Gasteiger partial charge in [0.25, 0.3) is 0 Å². The van der Waals surface area contributed by atoms with Crippen LogP contribution in [0.15, 0.2) is 23.1 Å². The third-order valence-electron chi connectivity index (χ3n) is 4.07. The highest BCUT2D eigenvalue weighted by atomic mass is 32.2. The maximum absolute atomic E-state index is 13.2. The van der Waals surface area contributed by atoms with Gasteiger partial charge in [-0.3, -0.25) is 4.21 Å². The number of rotatable bonds is 5. The van der Waals surface area contributed by atoms with Gasteiger partial charge in [0.1, 0.15) is 0 Å². The first-order chi connectivity index (χ1) is 9.61. The Hall–Kier alpha value is -0.810. The van der Waals surface area contributed by atoms with Gasteiger partial charge >= 0.3 is 0 Å². The van der Waals surface area contributed by atoms with Gasteiger partial charge in [0.05, 0.1) is 10.8 Å². The monoisotopic (exact) mass is 301 g/mol. The standard InChI is InChI=1S/C15H21F2NOS/c1-18-15(11-5-3-2-4-6-11)10-20(19)12-7-8-13(16)14(17)9-12/h7-9,11,15,18H,2-6,10H2,1H3. The molecule has 0 aliphatic heterocycles. The van der Waals surface area contributed by atoms with Crippen molar-refractivity contribution in [2.24, 2.45) is 5.92 Å². The minimum atomic E-state index is -1.30. The van der Waals surface area contributed by atoms with Gasteiger partial charge in [0, 0.05) is 16.7 Å². The minimum absolute atomic E-state index is 0.171. The van der Waals surface area contributed by atoms with Gasteiger partial charge in [0.2, 0.25) is 0 Å². The molecule has 1 fully saturated rings. The molecule has 2 atom stereocenters. The lowest BCUT2D eigenvalue weighted by atomic mass is 9.84. The van der Waals surface area contributed by atoms with Crippen molar-refractivity contribution in [3.05, 3.63) is 29.8 Å². The molecule has 0 heterocycles. The maximum Gasteiger partial charge on any atom is 0.160 e. The van der Waals surface area contributed by atoms with Crippen LogP contribution in [0.3, 0.4) is 0 Å². The van der Waals surface area contributed by atoms with Crippen molar-refractivity contribution in [1.82, 2.24) is 5.32 Å². The molecule has 0 aromatic heterocycles. The summed E-state index contributed by atoms with van der Waals surface area (Å²) < 4.78 is 38.4. The van der Waals surface area contributed by atoms with Crippen molar-refractivity contribution in [1.29, 1.82) is 0 Å². The molecule has 0 spiro atoms. The highest BCUT2D eigenvalue weighted by Gasteiger charge is 2.24. The molecule has 0 saturated heterocycles. The molecule has 1 N–H and O–H groups in total. The minimum Gasteiger partial charge on any atom is -0.316 e. The summed E-state index contributed by atoms with van der Waals surface area (Å²) in [6.07, 6.45) is 6.03. The summed E-state index contributed by atoms with van der Waals surface area (Å²) in [6.45, 7) is 0. The van der Waals surface area contributed by atoms with E-state index in [4.69, 9.17) is 0 Å². The lowest BCUT2D eigenvalue weighted by Gasteiger charge is -2.29. The van der Waals surface area contributed by atoms with E-state index in [-0.39, 0.29) is 6.04 Å². The van der Waals surface area contributed by atoms with Crippen LogP contribution in [0.5, 0.6) is 0 Å². The van der Waals surface area contributed by atoms with Gasteiger partial charge in [0.15, 0.2) is 11.6 Å². The molecule has 5 heteroatoms. The van der Waals surface area contributed by atoms with Crippen molar-refractivity contribution in [3.8, 4) is 0 Å². The summed E-state index contributed by atoms with van der Waals surface area (Å²) in [5.41, 5.74) is 0. The summed E-state index contributed by atoms with van der Waals surface area (Å²) in [7, 11) is 0.574. The third kappa shape index (κ3) is 3.85. The van der Waals surface area contributed by atoms with Crippen LogP contribution in [0.1, 0.15) is 32.1 Å². The van der Waals surface area contributed by atoms with Gasteiger partial charge in [-0.2, -0.15) is 0 Å². The molecule has 1 aromatic rings. The number of nitrogens with one attached hydrogen (secondary N) is 1. The van der Waals surface area contributed by atoms with Crippen LogP contribution < -0.4 is 5.32 Å². The van der Waals surface area contributed by atoms with Gasteiger partial charge in [-0.15, -0.1) is 0 Å². The molecule has 1 saturated carbocycles. The average Bonchev–Trinajstić information content (AvgIpc) is 2.48. The predicted octanol–water partition coefficient (Wildman–Crippen LogP) is 3.24. The van der Waals surface area contributed by atoms with Crippen LogP contribution in [-0.2, 0) is 10.8 Å². The fourth-order valence-electron chi connectivity index (χ4n) is 2.87. The molecule has 2 unspecified atom stereocenters. The van der Waals surface area contributed by atoms with Crippen LogP contribution in [0.4, 0.5) is 8.78 Å². The van der Waals surface area contributed by atoms with Crippen LogP contribution in [0.25, 0.3) is 0 Å².